The van der Waals surface area contributed by atoms with Crippen LogP contribution in [0.15, 0.2) is 51.7 Å². The largest absolute Gasteiger partial charge is 0.508 e. The van der Waals surface area contributed by atoms with E-state index in [-0.39, 0.29) is 22.5 Å². The summed E-state index contributed by atoms with van der Waals surface area (Å²) in [5, 5.41) is 20.2. The highest BCUT2D eigenvalue weighted by Crippen LogP contribution is 2.42. The number of fused-ring (bicyclic) bond motifs is 2. The Hall–Kier alpha value is -3.52. The van der Waals surface area contributed by atoms with Crippen LogP contribution in [-0.4, -0.2) is 21.2 Å². The van der Waals surface area contributed by atoms with Gasteiger partial charge in [0.25, 0.3) is 5.91 Å². The van der Waals surface area contributed by atoms with Gasteiger partial charge in [0.1, 0.15) is 16.3 Å². The van der Waals surface area contributed by atoms with Crippen molar-refractivity contribution < 1.29 is 14.3 Å². The van der Waals surface area contributed by atoms with Gasteiger partial charge in [0.2, 0.25) is 10.9 Å². The number of aromatic hydroxyl groups is 1. The third kappa shape index (κ3) is 3.27. The van der Waals surface area contributed by atoms with Gasteiger partial charge >= 0.3 is 0 Å². The van der Waals surface area contributed by atoms with Crippen LogP contribution in [0.25, 0.3) is 11.0 Å². The number of anilines is 1. The molecule has 0 fully saturated rings. The normalized spacial score (nSPS) is 15.7. The summed E-state index contributed by atoms with van der Waals surface area (Å²) in [7, 11) is 0. The van der Waals surface area contributed by atoms with E-state index in [4.69, 9.17) is 4.42 Å². The van der Waals surface area contributed by atoms with Crippen LogP contribution < -0.4 is 10.3 Å². The zero-order valence-electron chi connectivity index (χ0n) is 17.8. The summed E-state index contributed by atoms with van der Waals surface area (Å²) in [6.45, 7) is 6.07. The van der Waals surface area contributed by atoms with Gasteiger partial charge in [-0.05, 0) is 42.7 Å². The van der Waals surface area contributed by atoms with Gasteiger partial charge in [-0.25, -0.2) is 0 Å². The van der Waals surface area contributed by atoms with E-state index < -0.39 is 11.9 Å². The first-order valence-corrected chi connectivity index (χ1v) is 11.2. The quantitative estimate of drug-likeness (QED) is 0.491. The average molecular weight is 448 g/mol. The molecule has 3 heterocycles. The van der Waals surface area contributed by atoms with Crippen molar-refractivity contribution in [3.8, 4) is 5.75 Å². The van der Waals surface area contributed by atoms with Crippen LogP contribution in [0.2, 0.25) is 0 Å². The molecular formula is C24H21N3O4S. The summed E-state index contributed by atoms with van der Waals surface area (Å²) >= 11 is 1.32. The van der Waals surface area contributed by atoms with Crippen LogP contribution in [0.3, 0.4) is 0 Å². The first-order valence-electron chi connectivity index (χ1n) is 10.4. The molecule has 0 radical (unpaired) electrons. The SMILES string of the molecule is Cc1ccc2oc3c(c(=O)c2c1)C(c1cccc(O)c1)N(c1nnc(CC(C)C)s1)C3=O. The van der Waals surface area contributed by atoms with Gasteiger partial charge < -0.3 is 9.52 Å². The lowest BCUT2D eigenvalue weighted by Crippen LogP contribution is -2.29. The van der Waals surface area contributed by atoms with Crippen LogP contribution in [-0.2, 0) is 6.42 Å². The van der Waals surface area contributed by atoms with Crippen molar-refractivity contribution in [1.29, 1.82) is 0 Å². The van der Waals surface area contributed by atoms with Crippen molar-refractivity contribution in [2.24, 2.45) is 5.92 Å². The Labute approximate surface area is 188 Å². The topological polar surface area (TPSA) is 96.5 Å². The smallest absolute Gasteiger partial charge is 0.297 e. The lowest BCUT2D eigenvalue weighted by Gasteiger charge is -2.22. The highest BCUT2D eigenvalue weighted by atomic mass is 32.1. The van der Waals surface area contributed by atoms with E-state index in [2.05, 4.69) is 24.0 Å². The molecule has 1 N–H and O–H groups in total. The van der Waals surface area contributed by atoms with Crippen LogP contribution in [0.1, 0.15) is 52.1 Å². The summed E-state index contributed by atoms with van der Waals surface area (Å²) in [5.41, 5.74) is 1.86. The van der Waals surface area contributed by atoms with Gasteiger partial charge in [0, 0.05) is 6.42 Å². The van der Waals surface area contributed by atoms with Crippen molar-refractivity contribution in [2.75, 3.05) is 4.90 Å². The first kappa shape index (κ1) is 20.4. The summed E-state index contributed by atoms with van der Waals surface area (Å²) in [6.07, 6.45) is 0.740. The minimum Gasteiger partial charge on any atom is -0.508 e. The Morgan fingerprint density at radius 3 is 2.72 bits per heavy atom. The average Bonchev–Trinajstić information content (AvgIpc) is 3.30. The number of nitrogens with zero attached hydrogens (tertiary/aromatic N) is 3. The van der Waals surface area contributed by atoms with Crippen molar-refractivity contribution in [1.82, 2.24) is 10.2 Å². The molecule has 4 aromatic rings. The number of carbonyl (C=O) groups is 1. The van der Waals surface area contributed by atoms with Crippen molar-refractivity contribution in [3.05, 3.63) is 80.1 Å². The highest BCUT2D eigenvalue weighted by molar-refractivity contribution is 7.15. The van der Waals surface area contributed by atoms with E-state index in [1.807, 2.05) is 13.0 Å². The monoisotopic (exact) mass is 447 g/mol. The van der Waals surface area contributed by atoms with E-state index in [1.165, 1.54) is 16.2 Å². The van der Waals surface area contributed by atoms with Gasteiger partial charge in [0.15, 0.2) is 5.43 Å². The van der Waals surface area contributed by atoms with E-state index in [9.17, 15) is 14.7 Å². The second kappa shape index (κ2) is 7.56. The molecule has 2 aromatic heterocycles. The van der Waals surface area contributed by atoms with Crippen LogP contribution in [0.4, 0.5) is 5.13 Å². The summed E-state index contributed by atoms with van der Waals surface area (Å²) in [4.78, 5) is 28.6. The number of carbonyl (C=O) groups excluding carboxylic acids is 1. The minimum absolute atomic E-state index is 0.000283. The maximum absolute atomic E-state index is 13.6. The predicted octanol–water partition coefficient (Wildman–Crippen LogP) is 4.61. The summed E-state index contributed by atoms with van der Waals surface area (Å²) in [5.74, 6) is -0.0106. The molecule has 0 spiro atoms. The molecule has 1 amide bonds. The van der Waals surface area contributed by atoms with Crippen LogP contribution in [0, 0.1) is 12.8 Å². The Balaban J connectivity index is 1.75. The Morgan fingerprint density at radius 1 is 1.16 bits per heavy atom. The number of hydrogen-bond donors (Lipinski definition) is 1. The van der Waals surface area contributed by atoms with Crippen LogP contribution in [0.5, 0.6) is 5.75 Å². The fourth-order valence-corrected chi connectivity index (χ4v) is 5.15. The second-order valence-electron chi connectivity index (χ2n) is 8.42. The molecule has 1 atom stereocenters. The zero-order chi connectivity index (χ0) is 22.6. The highest BCUT2D eigenvalue weighted by Gasteiger charge is 2.45. The Bertz CT molecular complexity index is 1420. The van der Waals surface area contributed by atoms with Crippen LogP contribution >= 0.6 is 11.3 Å². The molecule has 8 heteroatoms. The third-order valence-corrected chi connectivity index (χ3v) is 6.40. The molecule has 0 bridgehead atoms. The third-order valence-electron chi connectivity index (χ3n) is 5.46. The lowest BCUT2D eigenvalue weighted by atomic mass is 9.98. The molecule has 5 rings (SSSR count). The number of phenolic OH excluding ortho intramolecular Hbond substituents is 1. The number of phenols is 1. The Kier molecular flexibility index (Phi) is 4.82. The molecule has 32 heavy (non-hydrogen) atoms. The van der Waals surface area contributed by atoms with Gasteiger partial charge in [0.05, 0.1) is 17.0 Å². The second-order valence-corrected chi connectivity index (χ2v) is 9.46. The van der Waals surface area contributed by atoms with Gasteiger partial charge in [-0.2, -0.15) is 0 Å². The van der Waals surface area contributed by atoms with Crippen molar-refractivity contribution >= 4 is 33.3 Å². The molecule has 1 unspecified atom stereocenters. The van der Waals surface area contributed by atoms with Gasteiger partial charge in [-0.3, -0.25) is 14.5 Å². The molecule has 7 nitrogen and oxygen atoms in total. The van der Waals surface area contributed by atoms with E-state index in [0.717, 1.165) is 17.0 Å². The number of benzene rings is 2. The van der Waals surface area contributed by atoms with Gasteiger partial charge in [-0.15, -0.1) is 10.2 Å². The maximum atomic E-state index is 13.6. The summed E-state index contributed by atoms with van der Waals surface area (Å²) in [6, 6.07) is 11.1. The fraction of sp³-hybridized carbons (Fsp3) is 0.250. The van der Waals surface area contributed by atoms with E-state index in [1.54, 1.807) is 36.4 Å². The predicted molar refractivity (Wildman–Crippen MR) is 122 cm³/mol. The van der Waals surface area contributed by atoms with Crippen molar-refractivity contribution in [2.45, 2.75) is 33.2 Å². The van der Waals surface area contributed by atoms with E-state index >= 15 is 0 Å². The molecule has 0 saturated heterocycles. The molecule has 2 aromatic carbocycles. The Morgan fingerprint density at radius 2 is 1.97 bits per heavy atom. The molecule has 162 valence electrons. The molecule has 1 aliphatic heterocycles. The number of aromatic nitrogens is 2. The number of aryl methyl sites for hydroxylation is 1. The lowest BCUT2D eigenvalue weighted by molar-refractivity contribution is 0.0970. The number of amides is 1. The van der Waals surface area contributed by atoms with Crippen molar-refractivity contribution in [3.63, 3.8) is 0 Å². The molecule has 0 saturated carbocycles. The number of hydrogen-bond acceptors (Lipinski definition) is 7. The standard InChI is InChI=1S/C24H21N3O4S/c1-12(2)9-18-25-26-24(32-18)27-20(14-5-4-6-15(28)11-14)19-21(29)16-10-13(3)7-8-17(16)31-22(19)23(27)30/h4-8,10-12,20,28H,9H2,1-3H3. The maximum Gasteiger partial charge on any atom is 0.297 e. The first-order chi connectivity index (χ1) is 15.3. The zero-order valence-corrected chi connectivity index (χ0v) is 18.6. The van der Waals surface area contributed by atoms with Gasteiger partial charge in [-0.1, -0.05) is 48.9 Å². The summed E-state index contributed by atoms with van der Waals surface area (Å²) < 4.78 is 5.96. The minimum atomic E-state index is -0.773. The van der Waals surface area contributed by atoms with E-state index in [0.29, 0.717) is 27.6 Å². The molecule has 0 aliphatic carbocycles. The molecule has 1 aliphatic rings. The fourth-order valence-electron chi connectivity index (χ4n) is 4.07. The number of rotatable bonds is 4. The molecular weight excluding hydrogens is 426 g/mol.